The third-order valence-corrected chi connectivity index (χ3v) is 4.21. The molecule has 0 aliphatic rings. The number of anilines is 2. The number of aromatic nitrogens is 1. The number of amides is 2. The molecule has 4 nitrogen and oxygen atoms in total. The molecule has 0 radical (unpaired) electrons. The quantitative estimate of drug-likeness (QED) is 0.465. The second kappa shape index (κ2) is 8.66. The molecule has 1 aromatic heterocycles. The molecule has 3 aromatic rings. The van der Waals surface area contributed by atoms with Crippen LogP contribution in [0.2, 0.25) is 0 Å². The summed E-state index contributed by atoms with van der Waals surface area (Å²) in [6.07, 6.45) is -6.06. The standard InChI is InChI=1S/C21H15F6N3O/c22-20(23,24)15-10-16(21(25,26)27)12-18(11-15)30-19(31)29-17-3-1-13(2-4-17)9-14-5-7-28-8-6-14/h1-8,10-12H,9H2,(H2,29,30,31). The van der Waals surface area contributed by atoms with Gasteiger partial charge in [0.1, 0.15) is 0 Å². The SMILES string of the molecule is O=C(Nc1ccc(Cc2ccncc2)cc1)Nc1cc(C(F)(F)F)cc(C(F)(F)F)c1. The van der Waals surface area contributed by atoms with Crippen LogP contribution in [0.25, 0.3) is 0 Å². The van der Waals surface area contributed by atoms with E-state index < -0.39 is 35.2 Å². The number of nitrogens with zero attached hydrogens (tertiary/aromatic N) is 1. The van der Waals surface area contributed by atoms with Crippen LogP contribution in [0.15, 0.2) is 67.0 Å². The fraction of sp³-hybridized carbons (Fsp3) is 0.143. The van der Waals surface area contributed by atoms with E-state index in [0.717, 1.165) is 11.1 Å². The summed E-state index contributed by atoms with van der Waals surface area (Å²) in [6, 6.07) is 10.2. The number of hydrogen-bond donors (Lipinski definition) is 2. The lowest BCUT2D eigenvalue weighted by atomic mass is 10.1. The zero-order valence-corrected chi connectivity index (χ0v) is 15.7. The minimum atomic E-state index is -5.00. The number of urea groups is 1. The molecule has 2 amide bonds. The fourth-order valence-electron chi connectivity index (χ4n) is 2.76. The summed E-state index contributed by atoms with van der Waals surface area (Å²) in [4.78, 5) is 16.0. The van der Waals surface area contributed by atoms with E-state index in [1.54, 1.807) is 36.7 Å². The van der Waals surface area contributed by atoms with Crippen molar-refractivity contribution in [3.8, 4) is 0 Å². The molecule has 2 N–H and O–H groups in total. The first-order valence-corrected chi connectivity index (χ1v) is 8.86. The first-order chi connectivity index (χ1) is 14.5. The van der Waals surface area contributed by atoms with E-state index in [1.165, 1.54) is 0 Å². The average Bonchev–Trinajstić information content (AvgIpc) is 2.68. The number of carbonyl (C=O) groups is 1. The summed E-state index contributed by atoms with van der Waals surface area (Å²) < 4.78 is 77.5. The molecule has 0 spiro atoms. The number of benzene rings is 2. The molecule has 1 heterocycles. The van der Waals surface area contributed by atoms with Crippen molar-refractivity contribution in [2.45, 2.75) is 18.8 Å². The predicted molar refractivity (Wildman–Crippen MR) is 103 cm³/mol. The van der Waals surface area contributed by atoms with Gasteiger partial charge in [-0.05, 0) is 60.0 Å². The van der Waals surface area contributed by atoms with Gasteiger partial charge in [-0.25, -0.2) is 4.79 Å². The lowest BCUT2D eigenvalue weighted by Gasteiger charge is -2.15. The van der Waals surface area contributed by atoms with Gasteiger partial charge in [0, 0.05) is 23.8 Å². The monoisotopic (exact) mass is 439 g/mol. The average molecular weight is 439 g/mol. The van der Waals surface area contributed by atoms with Gasteiger partial charge in [-0.2, -0.15) is 26.3 Å². The minimum Gasteiger partial charge on any atom is -0.308 e. The molecule has 162 valence electrons. The number of carbonyl (C=O) groups excluding carboxylic acids is 1. The van der Waals surface area contributed by atoms with Crippen LogP contribution in [0, 0.1) is 0 Å². The van der Waals surface area contributed by atoms with E-state index in [0.29, 0.717) is 24.2 Å². The van der Waals surface area contributed by atoms with Crippen molar-refractivity contribution >= 4 is 17.4 Å². The lowest BCUT2D eigenvalue weighted by Crippen LogP contribution is -2.20. The maximum atomic E-state index is 12.9. The Morgan fingerprint density at radius 1 is 0.710 bits per heavy atom. The van der Waals surface area contributed by atoms with E-state index in [4.69, 9.17) is 0 Å². The van der Waals surface area contributed by atoms with Crippen LogP contribution in [0.1, 0.15) is 22.3 Å². The van der Waals surface area contributed by atoms with Crippen molar-refractivity contribution in [2.75, 3.05) is 10.6 Å². The molecule has 0 saturated heterocycles. The highest BCUT2D eigenvalue weighted by atomic mass is 19.4. The fourth-order valence-corrected chi connectivity index (χ4v) is 2.76. The number of hydrogen-bond acceptors (Lipinski definition) is 2. The molecule has 0 bridgehead atoms. The number of nitrogens with one attached hydrogen (secondary N) is 2. The molecule has 3 rings (SSSR count). The zero-order chi connectivity index (χ0) is 22.6. The highest BCUT2D eigenvalue weighted by molar-refractivity contribution is 5.99. The largest absolute Gasteiger partial charge is 0.416 e. The van der Waals surface area contributed by atoms with E-state index in [1.807, 2.05) is 17.4 Å². The number of halogens is 6. The maximum absolute atomic E-state index is 12.9. The Hall–Kier alpha value is -3.56. The highest BCUT2D eigenvalue weighted by Crippen LogP contribution is 2.37. The van der Waals surface area contributed by atoms with Crippen LogP contribution >= 0.6 is 0 Å². The first kappa shape index (κ1) is 22.1. The summed E-state index contributed by atoms with van der Waals surface area (Å²) in [6.45, 7) is 0. The van der Waals surface area contributed by atoms with Gasteiger partial charge in [-0.1, -0.05) is 12.1 Å². The molecule has 2 aromatic carbocycles. The molecule has 0 aliphatic heterocycles. The Kier molecular flexibility index (Phi) is 6.19. The van der Waals surface area contributed by atoms with Crippen molar-refractivity contribution in [1.82, 2.24) is 4.98 Å². The molecule has 31 heavy (non-hydrogen) atoms. The Labute approximate surface area is 172 Å². The van der Waals surface area contributed by atoms with Crippen molar-refractivity contribution in [3.63, 3.8) is 0 Å². The van der Waals surface area contributed by atoms with Crippen LogP contribution < -0.4 is 10.6 Å². The van der Waals surface area contributed by atoms with Gasteiger partial charge < -0.3 is 10.6 Å². The van der Waals surface area contributed by atoms with Gasteiger partial charge in [-0.15, -0.1) is 0 Å². The molecule has 0 atom stereocenters. The zero-order valence-electron chi connectivity index (χ0n) is 15.7. The highest BCUT2D eigenvalue weighted by Gasteiger charge is 2.37. The third kappa shape index (κ3) is 6.21. The van der Waals surface area contributed by atoms with Gasteiger partial charge in [0.2, 0.25) is 0 Å². The second-order valence-electron chi connectivity index (χ2n) is 6.60. The van der Waals surface area contributed by atoms with E-state index in [2.05, 4.69) is 10.3 Å². The Morgan fingerprint density at radius 3 is 1.71 bits per heavy atom. The topological polar surface area (TPSA) is 54.0 Å². The van der Waals surface area contributed by atoms with Crippen LogP contribution in [-0.2, 0) is 18.8 Å². The van der Waals surface area contributed by atoms with Gasteiger partial charge >= 0.3 is 18.4 Å². The van der Waals surface area contributed by atoms with Crippen molar-refractivity contribution < 1.29 is 31.1 Å². The van der Waals surface area contributed by atoms with Gasteiger partial charge in [0.15, 0.2) is 0 Å². The molecule has 0 fully saturated rings. The number of rotatable bonds is 4. The molecule has 0 unspecified atom stereocenters. The normalized spacial score (nSPS) is 11.8. The van der Waals surface area contributed by atoms with Crippen molar-refractivity contribution in [3.05, 3.63) is 89.2 Å². The second-order valence-corrected chi connectivity index (χ2v) is 6.60. The summed E-state index contributed by atoms with van der Waals surface area (Å²) in [5, 5.41) is 4.39. The summed E-state index contributed by atoms with van der Waals surface area (Å²) >= 11 is 0. The number of alkyl halides is 6. The molecular weight excluding hydrogens is 424 g/mol. The van der Waals surface area contributed by atoms with Gasteiger partial charge in [0.05, 0.1) is 11.1 Å². The van der Waals surface area contributed by atoms with Crippen LogP contribution in [0.5, 0.6) is 0 Å². The van der Waals surface area contributed by atoms with Crippen LogP contribution in [-0.4, -0.2) is 11.0 Å². The molecule has 0 saturated carbocycles. The molecule has 10 heteroatoms. The third-order valence-electron chi connectivity index (χ3n) is 4.21. The van der Waals surface area contributed by atoms with Crippen LogP contribution in [0.3, 0.4) is 0 Å². The summed E-state index contributed by atoms with van der Waals surface area (Å²) in [7, 11) is 0. The van der Waals surface area contributed by atoms with Crippen molar-refractivity contribution in [2.24, 2.45) is 0 Å². The minimum absolute atomic E-state index is 0.00932. The van der Waals surface area contributed by atoms with E-state index >= 15 is 0 Å². The first-order valence-electron chi connectivity index (χ1n) is 8.86. The Morgan fingerprint density at radius 2 is 1.19 bits per heavy atom. The van der Waals surface area contributed by atoms with Gasteiger partial charge in [0.25, 0.3) is 0 Å². The summed E-state index contributed by atoms with van der Waals surface area (Å²) in [5.74, 6) is 0. The Bertz CT molecular complexity index is 1020. The van der Waals surface area contributed by atoms with Crippen LogP contribution in [0.4, 0.5) is 42.5 Å². The molecule has 0 aliphatic carbocycles. The van der Waals surface area contributed by atoms with E-state index in [-0.39, 0.29) is 6.07 Å². The van der Waals surface area contributed by atoms with Crippen molar-refractivity contribution in [1.29, 1.82) is 0 Å². The number of pyridine rings is 1. The summed E-state index contributed by atoms with van der Waals surface area (Å²) in [5.41, 5.74) is -1.38. The molecular formula is C21H15F6N3O. The van der Waals surface area contributed by atoms with E-state index in [9.17, 15) is 31.1 Å². The smallest absolute Gasteiger partial charge is 0.308 e. The maximum Gasteiger partial charge on any atom is 0.416 e. The Balaban J connectivity index is 1.70. The predicted octanol–water partition coefficient (Wildman–Crippen LogP) is 6.35. The van der Waals surface area contributed by atoms with Gasteiger partial charge in [-0.3, -0.25) is 4.98 Å². The lowest BCUT2D eigenvalue weighted by molar-refractivity contribution is -0.143.